The number of thiazole rings is 1. The molecule has 0 spiro atoms. The van der Waals surface area contributed by atoms with Gasteiger partial charge in [-0.25, -0.2) is 0 Å². The van der Waals surface area contributed by atoms with Crippen molar-refractivity contribution in [2.75, 3.05) is 6.61 Å². The molecule has 0 unspecified atom stereocenters. The summed E-state index contributed by atoms with van der Waals surface area (Å²) in [7, 11) is 0. The first kappa shape index (κ1) is 18.1. The number of aromatic nitrogens is 3. The molecule has 0 bridgehead atoms. The van der Waals surface area contributed by atoms with Crippen LogP contribution < -0.4 is 14.8 Å². The minimum Gasteiger partial charge on any atom is -0.494 e. The minimum atomic E-state index is -0.153. The molecular formula is C22H19N3O2S. The van der Waals surface area contributed by atoms with Crippen molar-refractivity contribution in [1.29, 1.82) is 0 Å². The number of hydrogen-bond donors (Lipinski definition) is 0. The summed E-state index contributed by atoms with van der Waals surface area (Å²) in [6.45, 7) is 2.76. The Balaban J connectivity index is 1.58. The largest absolute Gasteiger partial charge is 0.494 e. The fourth-order valence-corrected chi connectivity index (χ4v) is 3.56. The van der Waals surface area contributed by atoms with Crippen LogP contribution in [0.15, 0.2) is 65.5 Å². The Labute approximate surface area is 166 Å². The molecule has 4 rings (SSSR count). The average Bonchev–Trinajstić information content (AvgIpc) is 3.27. The lowest BCUT2D eigenvalue weighted by atomic mass is 10.2. The van der Waals surface area contributed by atoms with Crippen LogP contribution in [0.1, 0.15) is 18.9 Å². The first-order chi connectivity index (χ1) is 13.7. The third-order valence-electron chi connectivity index (χ3n) is 4.10. The van der Waals surface area contributed by atoms with Gasteiger partial charge in [-0.2, -0.15) is 9.50 Å². The molecule has 5 nitrogen and oxygen atoms in total. The van der Waals surface area contributed by atoms with E-state index in [9.17, 15) is 4.79 Å². The molecule has 0 saturated heterocycles. The van der Waals surface area contributed by atoms with E-state index in [0.717, 1.165) is 23.3 Å². The first-order valence-corrected chi connectivity index (χ1v) is 9.92. The van der Waals surface area contributed by atoms with E-state index in [4.69, 9.17) is 4.74 Å². The van der Waals surface area contributed by atoms with Crippen molar-refractivity contribution in [2.24, 2.45) is 0 Å². The molecule has 4 aromatic rings. The van der Waals surface area contributed by atoms with Gasteiger partial charge in [0.25, 0.3) is 5.56 Å². The number of benzene rings is 2. The monoisotopic (exact) mass is 389 g/mol. The minimum absolute atomic E-state index is 0.153. The van der Waals surface area contributed by atoms with Gasteiger partial charge in [-0.05, 0) is 42.3 Å². The van der Waals surface area contributed by atoms with Crippen LogP contribution in [0.3, 0.4) is 0 Å². The van der Waals surface area contributed by atoms with Gasteiger partial charge in [-0.15, -0.1) is 5.10 Å². The summed E-state index contributed by atoms with van der Waals surface area (Å²) in [5.41, 5.74) is 1.78. The molecule has 0 aliphatic rings. The average molecular weight is 389 g/mol. The number of ether oxygens (including phenoxy) is 1. The van der Waals surface area contributed by atoms with Crippen LogP contribution in [0.5, 0.6) is 5.75 Å². The predicted molar refractivity (Wildman–Crippen MR) is 114 cm³/mol. The molecule has 2 heterocycles. The fourth-order valence-electron chi connectivity index (χ4n) is 2.70. The second kappa shape index (κ2) is 8.19. The highest BCUT2D eigenvalue weighted by Crippen LogP contribution is 2.20. The van der Waals surface area contributed by atoms with Crippen LogP contribution in [-0.4, -0.2) is 21.2 Å². The van der Waals surface area contributed by atoms with Crippen LogP contribution in [0.4, 0.5) is 0 Å². The van der Waals surface area contributed by atoms with Gasteiger partial charge in [0, 0.05) is 5.56 Å². The zero-order valence-corrected chi connectivity index (χ0v) is 16.2. The van der Waals surface area contributed by atoms with Gasteiger partial charge in [0.1, 0.15) is 5.75 Å². The highest BCUT2D eigenvalue weighted by atomic mass is 32.1. The zero-order chi connectivity index (χ0) is 19.3. The Morgan fingerprint density at radius 2 is 1.89 bits per heavy atom. The normalized spacial score (nSPS) is 12.2. The third kappa shape index (κ3) is 3.87. The molecule has 28 heavy (non-hydrogen) atoms. The standard InChI is InChI=1S/C22H19N3O2S/c1-2-15-27-18-13-11-17(12-14-18)20-23-22-25(24-20)21(26)19(28-22)10-6-9-16-7-4-3-5-8-16/h3-14H,2,15H2,1H3/b9-6+,19-10-. The lowest BCUT2D eigenvalue weighted by molar-refractivity contribution is 0.317. The highest BCUT2D eigenvalue weighted by molar-refractivity contribution is 7.15. The maximum Gasteiger partial charge on any atom is 0.291 e. The second-order valence-electron chi connectivity index (χ2n) is 6.21. The summed E-state index contributed by atoms with van der Waals surface area (Å²) in [6.07, 6.45) is 6.60. The summed E-state index contributed by atoms with van der Waals surface area (Å²) < 4.78 is 7.56. The Morgan fingerprint density at radius 1 is 1.11 bits per heavy atom. The van der Waals surface area contributed by atoms with Gasteiger partial charge in [0.2, 0.25) is 4.96 Å². The predicted octanol–water partition coefficient (Wildman–Crippen LogP) is 3.82. The molecule has 0 aliphatic carbocycles. The second-order valence-corrected chi connectivity index (χ2v) is 7.22. The molecule has 0 aliphatic heterocycles. The maximum atomic E-state index is 12.6. The molecule has 0 radical (unpaired) electrons. The summed E-state index contributed by atoms with van der Waals surface area (Å²) in [5.74, 6) is 1.36. The Bertz CT molecular complexity index is 1210. The molecule has 140 valence electrons. The Morgan fingerprint density at radius 3 is 2.61 bits per heavy atom. The lowest BCUT2D eigenvalue weighted by Crippen LogP contribution is -2.23. The molecule has 0 amide bonds. The van der Waals surface area contributed by atoms with E-state index < -0.39 is 0 Å². The van der Waals surface area contributed by atoms with Crippen LogP contribution in [0, 0.1) is 0 Å². The summed E-state index contributed by atoms with van der Waals surface area (Å²) in [4.78, 5) is 17.7. The topological polar surface area (TPSA) is 56.5 Å². The maximum absolute atomic E-state index is 12.6. The zero-order valence-electron chi connectivity index (χ0n) is 15.4. The van der Waals surface area contributed by atoms with E-state index in [2.05, 4.69) is 17.0 Å². The van der Waals surface area contributed by atoms with Crippen molar-refractivity contribution in [3.63, 3.8) is 0 Å². The summed E-state index contributed by atoms with van der Waals surface area (Å²) in [6, 6.07) is 17.6. The fraction of sp³-hybridized carbons (Fsp3) is 0.136. The van der Waals surface area contributed by atoms with Crippen LogP contribution in [0.25, 0.3) is 28.5 Å². The van der Waals surface area contributed by atoms with E-state index in [1.165, 1.54) is 15.9 Å². The number of fused-ring (bicyclic) bond motifs is 1. The lowest BCUT2D eigenvalue weighted by Gasteiger charge is -2.04. The van der Waals surface area contributed by atoms with Gasteiger partial charge >= 0.3 is 0 Å². The van der Waals surface area contributed by atoms with Crippen molar-refractivity contribution in [3.05, 3.63) is 81.1 Å². The van der Waals surface area contributed by atoms with Crippen molar-refractivity contribution < 1.29 is 4.74 Å². The van der Waals surface area contributed by atoms with Gasteiger partial charge in [-0.1, -0.05) is 60.7 Å². The third-order valence-corrected chi connectivity index (χ3v) is 5.08. The van der Waals surface area contributed by atoms with Crippen LogP contribution in [-0.2, 0) is 0 Å². The van der Waals surface area contributed by atoms with E-state index in [1.54, 1.807) is 6.08 Å². The van der Waals surface area contributed by atoms with Gasteiger partial charge < -0.3 is 4.74 Å². The number of allylic oxidation sites excluding steroid dienone is 1. The van der Waals surface area contributed by atoms with Gasteiger partial charge in [-0.3, -0.25) is 4.79 Å². The smallest absolute Gasteiger partial charge is 0.291 e. The molecule has 6 heteroatoms. The molecular weight excluding hydrogens is 370 g/mol. The molecule has 0 atom stereocenters. The van der Waals surface area contributed by atoms with Crippen molar-refractivity contribution in [1.82, 2.24) is 14.6 Å². The van der Waals surface area contributed by atoms with E-state index in [-0.39, 0.29) is 5.56 Å². The number of rotatable bonds is 6. The molecule has 0 fully saturated rings. The van der Waals surface area contributed by atoms with Crippen molar-refractivity contribution in [3.8, 4) is 17.1 Å². The quantitative estimate of drug-likeness (QED) is 0.503. The van der Waals surface area contributed by atoms with E-state index in [1.807, 2.05) is 66.7 Å². The summed E-state index contributed by atoms with van der Waals surface area (Å²) in [5, 5.41) is 4.38. The SMILES string of the molecule is CCCOc1ccc(-c2nc3s/c(=C\C=C\c4ccccc4)c(=O)n3n2)cc1. The van der Waals surface area contributed by atoms with Gasteiger partial charge in [0.15, 0.2) is 5.82 Å². The van der Waals surface area contributed by atoms with E-state index >= 15 is 0 Å². The Hall–Kier alpha value is -3.25. The van der Waals surface area contributed by atoms with Crippen LogP contribution >= 0.6 is 11.3 Å². The van der Waals surface area contributed by atoms with Crippen molar-refractivity contribution in [2.45, 2.75) is 13.3 Å². The molecule has 2 aromatic heterocycles. The van der Waals surface area contributed by atoms with Gasteiger partial charge in [0.05, 0.1) is 11.1 Å². The first-order valence-electron chi connectivity index (χ1n) is 9.11. The van der Waals surface area contributed by atoms with Crippen molar-refractivity contribution >= 4 is 28.4 Å². The molecule has 2 aromatic carbocycles. The number of nitrogens with zero attached hydrogens (tertiary/aromatic N) is 3. The highest BCUT2D eigenvalue weighted by Gasteiger charge is 2.11. The van der Waals surface area contributed by atoms with Crippen LogP contribution in [0.2, 0.25) is 0 Å². The molecule has 0 saturated carbocycles. The number of hydrogen-bond acceptors (Lipinski definition) is 5. The Kier molecular flexibility index (Phi) is 5.30. The van der Waals surface area contributed by atoms with E-state index in [0.29, 0.717) is 21.9 Å². The molecule has 0 N–H and O–H groups in total. The summed E-state index contributed by atoms with van der Waals surface area (Å²) >= 11 is 1.33.